The van der Waals surface area contributed by atoms with Crippen molar-refractivity contribution in [3.8, 4) is 0 Å². The van der Waals surface area contributed by atoms with Crippen LogP contribution >= 0.6 is 0 Å². The van der Waals surface area contributed by atoms with E-state index in [9.17, 15) is 9.90 Å². The Hall–Kier alpha value is -3.01. The van der Waals surface area contributed by atoms with Crippen LogP contribution in [-0.2, 0) is 0 Å². The zero-order valence-corrected chi connectivity index (χ0v) is 11.1. The molecule has 1 N–H and O–H groups in total. The van der Waals surface area contributed by atoms with Gasteiger partial charge in [-0.3, -0.25) is 9.97 Å². The number of nitrogens with zero attached hydrogens (tertiary/aromatic N) is 2. The molecule has 2 heterocycles. The molecule has 0 spiro atoms. The minimum absolute atomic E-state index is 0.257. The Balaban J connectivity index is 2.03. The summed E-state index contributed by atoms with van der Waals surface area (Å²) >= 11 is 0. The fourth-order valence-electron chi connectivity index (χ4n) is 2.11. The van der Waals surface area contributed by atoms with E-state index in [1.807, 2.05) is 48.6 Å². The van der Waals surface area contributed by atoms with Gasteiger partial charge in [0, 0.05) is 17.8 Å². The van der Waals surface area contributed by atoms with Crippen molar-refractivity contribution in [3.05, 3.63) is 71.7 Å². The molecular weight excluding hydrogens is 264 g/mol. The molecule has 0 saturated heterocycles. The summed E-state index contributed by atoms with van der Waals surface area (Å²) in [6.07, 6.45) is 7.03. The Labute approximate surface area is 121 Å². The number of hydrogen-bond donors (Lipinski definition) is 1. The molecule has 0 bridgehead atoms. The van der Waals surface area contributed by atoms with Crippen LogP contribution in [0.3, 0.4) is 0 Å². The molecule has 2 aromatic heterocycles. The molecule has 0 saturated carbocycles. The molecule has 0 unspecified atom stereocenters. The molecule has 3 rings (SSSR count). The standard InChI is InChI=1S/C17H12N2O2/c20-17(21)14-8-10-19-16-7-5-12(11-15(14)16)4-6-13-3-1-2-9-18-13/h1-11H,(H,20,21). The van der Waals surface area contributed by atoms with Crippen molar-refractivity contribution in [3.63, 3.8) is 0 Å². The molecule has 0 atom stereocenters. The Morgan fingerprint density at radius 3 is 2.67 bits per heavy atom. The molecule has 3 aromatic rings. The maximum Gasteiger partial charge on any atom is 0.336 e. The van der Waals surface area contributed by atoms with Crippen molar-refractivity contribution >= 4 is 29.0 Å². The summed E-state index contributed by atoms with van der Waals surface area (Å²) in [6.45, 7) is 0. The molecule has 1 aromatic carbocycles. The summed E-state index contributed by atoms with van der Waals surface area (Å²) in [5.41, 5.74) is 2.68. The second-order valence-electron chi connectivity index (χ2n) is 4.53. The van der Waals surface area contributed by atoms with Crippen molar-refractivity contribution in [2.75, 3.05) is 0 Å². The van der Waals surface area contributed by atoms with Gasteiger partial charge in [-0.25, -0.2) is 4.79 Å². The summed E-state index contributed by atoms with van der Waals surface area (Å²) in [5.74, 6) is -0.951. The van der Waals surface area contributed by atoms with Gasteiger partial charge in [0.1, 0.15) is 0 Å². The van der Waals surface area contributed by atoms with Crippen LogP contribution < -0.4 is 0 Å². The van der Waals surface area contributed by atoms with Gasteiger partial charge in [-0.1, -0.05) is 18.2 Å². The topological polar surface area (TPSA) is 63.1 Å². The number of rotatable bonds is 3. The van der Waals surface area contributed by atoms with E-state index in [4.69, 9.17) is 0 Å². The number of benzene rings is 1. The lowest BCUT2D eigenvalue weighted by molar-refractivity contribution is 0.0699. The Morgan fingerprint density at radius 1 is 1.00 bits per heavy atom. The summed E-state index contributed by atoms with van der Waals surface area (Å²) < 4.78 is 0. The number of pyridine rings is 2. The number of carbonyl (C=O) groups is 1. The summed E-state index contributed by atoms with van der Waals surface area (Å²) in [7, 11) is 0. The summed E-state index contributed by atoms with van der Waals surface area (Å²) in [4.78, 5) is 19.6. The first kappa shape index (κ1) is 13.0. The number of hydrogen-bond acceptors (Lipinski definition) is 3. The number of aromatic nitrogens is 2. The lowest BCUT2D eigenvalue weighted by atomic mass is 10.1. The normalized spacial score (nSPS) is 11.0. The highest BCUT2D eigenvalue weighted by Gasteiger charge is 2.08. The third kappa shape index (κ3) is 2.79. The first-order chi connectivity index (χ1) is 10.2. The van der Waals surface area contributed by atoms with Crippen LogP contribution in [0.5, 0.6) is 0 Å². The molecule has 0 aliphatic heterocycles. The molecule has 0 aliphatic rings. The smallest absolute Gasteiger partial charge is 0.336 e. The number of aromatic carboxylic acids is 1. The molecule has 4 heteroatoms. The molecular formula is C17H12N2O2. The van der Waals surface area contributed by atoms with Crippen molar-refractivity contribution in [1.82, 2.24) is 9.97 Å². The van der Waals surface area contributed by atoms with Crippen molar-refractivity contribution in [2.24, 2.45) is 0 Å². The van der Waals surface area contributed by atoms with E-state index in [-0.39, 0.29) is 5.56 Å². The SMILES string of the molecule is O=C(O)c1ccnc2ccc(C=Cc3ccccn3)cc12. The van der Waals surface area contributed by atoms with Crippen LogP contribution in [0.4, 0.5) is 0 Å². The Kier molecular flexibility index (Phi) is 3.43. The van der Waals surface area contributed by atoms with E-state index in [1.165, 1.54) is 12.3 Å². The third-order valence-electron chi connectivity index (χ3n) is 3.13. The Bertz CT molecular complexity index is 827. The average molecular weight is 276 g/mol. The van der Waals surface area contributed by atoms with Gasteiger partial charge >= 0.3 is 5.97 Å². The lowest BCUT2D eigenvalue weighted by Crippen LogP contribution is -1.98. The monoisotopic (exact) mass is 276 g/mol. The van der Waals surface area contributed by atoms with E-state index >= 15 is 0 Å². The van der Waals surface area contributed by atoms with Crippen LogP contribution in [0, 0.1) is 0 Å². The van der Waals surface area contributed by atoms with E-state index < -0.39 is 5.97 Å². The van der Waals surface area contributed by atoms with Crippen LogP contribution in [0.1, 0.15) is 21.6 Å². The van der Waals surface area contributed by atoms with Crippen LogP contribution in [-0.4, -0.2) is 21.0 Å². The van der Waals surface area contributed by atoms with Crippen LogP contribution in [0.2, 0.25) is 0 Å². The van der Waals surface area contributed by atoms with E-state index in [0.29, 0.717) is 10.9 Å². The van der Waals surface area contributed by atoms with Gasteiger partial charge in [0.15, 0.2) is 0 Å². The minimum atomic E-state index is -0.951. The second kappa shape index (κ2) is 5.54. The van der Waals surface area contributed by atoms with E-state index in [1.54, 1.807) is 6.20 Å². The molecule has 102 valence electrons. The van der Waals surface area contributed by atoms with Gasteiger partial charge in [-0.05, 0) is 42.0 Å². The van der Waals surface area contributed by atoms with Crippen molar-refractivity contribution in [1.29, 1.82) is 0 Å². The molecule has 0 amide bonds. The van der Waals surface area contributed by atoms with Crippen LogP contribution in [0.25, 0.3) is 23.1 Å². The second-order valence-corrected chi connectivity index (χ2v) is 4.53. The quantitative estimate of drug-likeness (QED) is 0.795. The van der Waals surface area contributed by atoms with Crippen molar-refractivity contribution < 1.29 is 9.90 Å². The fourth-order valence-corrected chi connectivity index (χ4v) is 2.11. The maximum absolute atomic E-state index is 11.2. The molecule has 0 aliphatic carbocycles. The zero-order chi connectivity index (χ0) is 14.7. The highest BCUT2D eigenvalue weighted by atomic mass is 16.4. The largest absolute Gasteiger partial charge is 0.478 e. The van der Waals surface area contributed by atoms with Gasteiger partial charge in [0.05, 0.1) is 16.8 Å². The highest BCUT2D eigenvalue weighted by Crippen LogP contribution is 2.19. The molecule has 4 nitrogen and oxygen atoms in total. The average Bonchev–Trinajstić information content (AvgIpc) is 2.53. The molecule has 0 radical (unpaired) electrons. The summed E-state index contributed by atoms with van der Waals surface area (Å²) in [5, 5.41) is 9.86. The van der Waals surface area contributed by atoms with Gasteiger partial charge < -0.3 is 5.11 Å². The lowest BCUT2D eigenvalue weighted by Gasteiger charge is -2.03. The molecule has 21 heavy (non-hydrogen) atoms. The maximum atomic E-state index is 11.2. The van der Waals surface area contributed by atoms with Crippen molar-refractivity contribution in [2.45, 2.75) is 0 Å². The zero-order valence-electron chi connectivity index (χ0n) is 11.1. The fraction of sp³-hybridized carbons (Fsp3) is 0. The minimum Gasteiger partial charge on any atom is -0.478 e. The molecule has 0 fully saturated rings. The number of carboxylic acids is 1. The Morgan fingerprint density at radius 2 is 1.90 bits per heavy atom. The van der Waals surface area contributed by atoms with Gasteiger partial charge in [-0.15, -0.1) is 0 Å². The number of fused-ring (bicyclic) bond motifs is 1. The third-order valence-corrected chi connectivity index (χ3v) is 3.13. The summed E-state index contributed by atoms with van der Waals surface area (Å²) in [6, 6.07) is 12.7. The van der Waals surface area contributed by atoms with Gasteiger partial charge in [0.2, 0.25) is 0 Å². The first-order valence-electron chi connectivity index (χ1n) is 6.45. The predicted octanol–water partition coefficient (Wildman–Crippen LogP) is 3.50. The highest BCUT2D eigenvalue weighted by molar-refractivity contribution is 6.02. The van der Waals surface area contributed by atoms with Gasteiger partial charge in [0.25, 0.3) is 0 Å². The van der Waals surface area contributed by atoms with Crippen LogP contribution in [0.15, 0.2) is 54.9 Å². The first-order valence-corrected chi connectivity index (χ1v) is 6.45. The predicted molar refractivity (Wildman–Crippen MR) is 81.9 cm³/mol. The number of carboxylic acid groups (broad SMARTS) is 1. The van der Waals surface area contributed by atoms with E-state index in [2.05, 4.69) is 9.97 Å². The van der Waals surface area contributed by atoms with E-state index in [0.717, 1.165) is 11.3 Å². The van der Waals surface area contributed by atoms with Gasteiger partial charge in [-0.2, -0.15) is 0 Å².